The van der Waals surface area contributed by atoms with Gasteiger partial charge in [-0.1, -0.05) is 6.07 Å². The van der Waals surface area contributed by atoms with Crippen LogP contribution < -0.4 is 9.47 Å². The monoisotopic (exact) mass is 287 g/mol. The van der Waals surface area contributed by atoms with Gasteiger partial charge in [0.15, 0.2) is 11.5 Å². The summed E-state index contributed by atoms with van der Waals surface area (Å²) in [5.74, 6) is 3.43. The molecule has 0 aliphatic carbocycles. The van der Waals surface area contributed by atoms with Gasteiger partial charge in [-0.05, 0) is 30.7 Å². The number of hydrogen-bond acceptors (Lipinski definition) is 6. The highest BCUT2D eigenvalue weighted by molar-refractivity contribution is 5.44. The Morgan fingerprint density at radius 3 is 3.00 bits per heavy atom. The van der Waals surface area contributed by atoms with Crippen LogP contribution in [0.25, 0.3) is 0 Å². The maximum absolute atomic E-state index is 5.54. The molecule has 0 amide bonds. The molecular formula is C15H17N3O3. The average Bonchev–Trinajstić information content (AvgIpc) is 3.18. The summed E-state index contributed by atoms with van der Waals surface area (Å²) >= 11 is 0. The highest BCUT2D eigenvalue weighted by Crippen LogP contribution is 2.34. The van der Waals surface area contributed by atoms with Crippen molar-refractivity contribution in [3.63, 3.8) is 0 Å². The molecule has 0 unspecified atom stereocenters. The zero-order valence-electron chi connectivity index (χ0n) is 11.9. The summed E-state index contributed by atoms with van der Waals surface area (Å²) in [6, 6.07) is 6.14. The molecule has 21 heavy (non-hydrogen) atoms. The number of likely N-dealkylation sites (tertiary alicyclic amines) is 1. The van der Waals surface area contributed by atoms with E-state index in [-0.39, 0.29) is 0 Å². The van der Waals surface area contributed by atoms with Gasteiger partial charge in [0.2, 0.25) is 18.6 Å². The number of ether oxygens (including phenoxy) is 2. The van der Waals surface area contributed by atoms with Crippen molar-refractivity contribution in [1.82, 2.24) is 15.1 Å². The summed E-state index contributed by atoms with van der Waals surface area (Å²) in [6.45, 7) is 5.05. The lowest BCUT2D eigenvalue weighted by Gasteiger charge is -2.15. The third-order valence-corrected chi connectivity index (χ3v) is 4.01. The van der Waals surface area contributed by atoms with E-state index in [9.17, 15) is 0 Å². The normalized spacial score (nSPS) is 21.1. The van der Waals surface area contributed by atoms with Crippen LogP contribution in [0.2, 0.25) is 0 Å². The van der Waals surface area contributed by atoms with Crippen LogP contribution in [0.1, 0.15) is 29.7 Å². The molecule has 2 aliphatic heterocycles. The van der Waals surface area contributed by atoms with E-state index in [0.29, 0.717) is 18.6 Å². The molecule has 6 nitrogen and oxygen atoms in total. The Morgan fingerprint density at radius 1 is 1.24 bits per heavy atom. The Kier molecular flexibility index (Phi) is 3.03. The van der Waals surface area contributed by atoms with E-state index in [2.05, 4.69) is 27.2 Å². The molecule has 2 aromatic rings. The second-order valence-electron chi connectivity index (χ2n) is 5.57. The fourth-order valence-electron chi connectivity index (χ4n) is 2.95. The zero-order chi connectivity index (χ0) is 14.2. The van der Waals surface area contributed by atoms with E-state index < -0.39 is 0 Å². The van der Waals surface area contributed by atoms with Crippen molar-refractivity contribution < 1.29 is 13.9 Å². The van der Waals surface area contributed by atoms with Crippen molar-refractivity contribution in [2.75, 3.05) is 19.9 Å². The highest BCUT2D eigenvalue weighted by Gasteiger charge is 2.28. The second-order valence-corrected chi connectivity index (χ2v) is 5.57. The van der Waals surface area contributed by atoms with Gasteiger partial charge in [0.1, 0.15) is 0 Å². The van der Waals surface area contributed by atoms with Gasteiger partial charge in [0.25, 0.3) is 0 Å². The van der Waals surface area contributed by atoms with Crippen molar-refractivity contribution in [2.45, 2.75) is 25.8 Å². The minimum Gasteiger partial charge on any atom is -0.454 e. The van der Waals surface area contributed by atoms with Crippen molar-refractivity contribution in [2.24, 2.45) is 0 Å². The van der Waals surface area contributed by atoms with Gasteiger partial charge >= 0.3 is 0 Å². The lowest BCUT2D eigenvalue weighted by Crippen LogP contribution is -2.19. The predicted molar refractivity (Wildman–Crippen MR) is 74.2 cm³/mol. The van der Waals surface area contributed by atoms with E-state index >= 15 is 0 Å². The lowest BCUT2D eigenvalue weighted by atomic mass is 10.1. The Balaban J connectivity index is 1.42. The van der Waals surface area contributed by atoms with Crippen molar-refractivity contribution in [3.05, 3.63) is 35.5 Å². The summed E-state index contributed by atoms with van der Waals surface area (Å²) in [5, 5.41) is 8.05. The van der Waals surface area contributed by atoms with Gasteiger partial charge < -0.3 is 13.9 Å². The molecular weight excluding hydrogens is 270 g/mol. The molecule has 0 N–H and O–H groups in total. The summed E-state index contributed by atoms with van der Waals surface area (Å²) in [5.41, 5.74) is 1.24. The van der Waals surface area contributed by atoms with Crippen LogP contribution >= 0.6 is 0 Å². The number of aryl methyl sites for hydroxylation is 1. The first-order valence-electron chi connectivity index (χ1n) is 7.19. The maximum atomic E-state index is 5.54. The fraction of sp³-hybridized carbons (Fsp3) is 0.467. The van der Waals surface area contributed by atoms with Gasteiger partial charge in [-0.3, -0.25) is 4.90 Å². The number of hydrogen-bond donors (Lipinski definition) is 0. The van der Waals surface area contributed by atoms with Gasteiger partial charge in [0, 0.05) is 20.0 Å². The van der Waals surface area contributed by atoms with Crippen LogP contribution in [0.5, 0.6) is 11.5 Å². The Labute approximate surface area is 122 Å². The topological polar surface area (TPSA) is 60.6 Å². The molecule has 1 aromatic carbocycles. The second kappa shape index (κ2) is 5.04. The summed E-state index contributed by atoms with van der Waals surface area (Å²) in [4.78, 5) is 2.40. The highest BCUT2D eigenvalue weighted by atomic mass is 16.7. The molecule has 6 heteroatoms. The molecule has 1 saturated heterocycles. The zero-order valence-corrected chi connectivity index (χ0v) is 11.9. The lowest BCUT2D eigenvalue weighted by molar-refractivity contribution is 0.174. The van der Waals surface area contributed by atoms with E-state index in [1.54, 1.807) is 0 Å². The molecule has 0 saturated carbocycles. The van der Waals surface area contributed by atoms with Crippen molar-refractivity contribution >= 4 is 0 Å². The Bertz CT molecular complexity index is 655. The van der Waals surface area contributed by atoms with Gasteiger partial charge in [-0.15, -0.1) is 10.2 Å². The minimum absolute atomic E-state index is 0.321. The molecule has 1 aromatic heterocycles. The Morgan fingerprint density at radius 2 is 2.14 bits per heavy atom. The van der Waals surface area contributed by atoms with Crippen LogP contribution in [-0.4, -0.2) is 35.0 Å². The van der Waals surface area contributed by atoms with E-state index in [0.717, 1.165) is 43.4 Å². The first-order chi connectivity index (χ1) is 10.3. The molecule has 3 heterocycles. The van der Waals surface area contributed by atoms with E-state index in [4.69, 9.17) is 13.9 Å². The third kappa shape index (κ3) is 2.47. The molecule has 2 aliphatic rings. The van der Waals surface area contributed by atoms with Crippen LogP contribution in [0.15, 0.2) is 22.6 Å². The smallest absolute Gasteiger partial charge is 0.231 e. The molecule has 1 atom stereocenters. The maximum Gasteiger partial charge on any atom is 0.231 e. The van der Waals surface area contributed by atoms with Gasteiger partial charge in [-0.2, -0.15) is 0 Å². The molecule has 1 fully saturated rings. The van der Waals surface area contributed by atoms with Gasteiger partial charge in [0.05, 0.1) is 5.92 Å². The van der Waals surface area contributed by atoms with Crippen molar-refractivity contribution in [1.29, 1.82) is 0 Å². The Hall–Kier alpha value is -2.08. The van der Waals surface area contributed by atoms with E-state index in [1.165, 1.54) is 5.56 Å². The van der Waals surface area contributed by atoms with Crippen molar-refractivity contribution in [3.8, 4) is 11.5 Å². The van der Waals surface area contributed by atoms with E-state index in [1.807, 2.05) is 13.0 Å². The average molecular weight is 287 g/mol. The minimum atomic E-state index is 0.321. The largest absolute Gasteiger partial charge is 0.454 e. The molecule has 0 bridgehead atoms. The third-order valence-electron chi connectivity index (χ3n) is 4.01. The van der Waals surface area contributed by atoms with Crippen LogP contribution in [0, 0.1) is 6.92 Å². The van der Waals surface area contributed by atoms with Crippen LogP contribution in [0.4, 0.5) is 0 Å². The number of nitrogens with zero attached hydrogens (tertiary/aromatic N) is 3. The summed E-state index contributed by atoms with van der Waals surface area (Å²) in [7, 11) is 0. The fourth-order valence-corrected chi connectivity index (χ4v) is 2.95. The van der Waals surface area contributed by atoms with Gasteiger partial charge in [-0.25, -0.2) is 0 Å². The number of rotatable bonds is 3. The van der Waals surface area contributed by atoms with Crippen LogP contribution in [0.3, 0.4) is 0 Å². The number of fused-ring (bicyclic) bond motifs is 1. The summed E-state index contributed by atoms with van der Waals surface area (Å²) < 4.78 is 16.3. The molecule has 0 radical (unpaired) electrons. The number of aromatic nitrogens is 2. The first-order valence-corrected chi connectivity index (χ1v) is 7.19. The predicted octanol–water partition coefficient (Wildman–Crippen LogP) is 2.10. The van der Waals surface area contributed by atoms with Crippen LogP contribution in [-0.2, 0) is 6.54 Å². The SMILES string of the molecule is Cc1nnc([C@H]2CCN(Cc3ccc4c(c3)OCO4)C2)o1. The molecule has 0 spiro atoms. The quantitative estimate of drug-likeness (QED) is 0.861. The molecule has 110 valence electrons. The number of benzene rings is 1. The standard InChI is InChI=1S/C15H17N3O3/c1-10-16-17-15(21-10)12-4-5-18(8-12)7-11-2-3-13-14(6-11)20-9-19-13/h2-3,6,12H,4-5,7-9H2,1H3/t12-/m0/s1. The summed E-state index contributed by atoms with van der Waals surface area (Å²) in [6.07, 6.45) is 1.06. The molecule has 4 rings (SSSR count). The first kappa shape index (κ1) is 12.6.